The van der Waals surface area contributed by atoms with Crippen molar-refractivity contribution in [2.75, 3.05) is 51.6 Å². The lowest BCUT2D eigenvalue weighted by Crippen LogP contribution is -2.65. The van der Waals surface area contributed by atoms with E-state index >= 15 is 0 Å². The second-order valence-electron chi connectivity index (χ2n) is 12.8. The molecule has 5 unspecified atom stereocenters. The highest BCUT2D eigenvalue weighted by atomic mass is 31.2. The molecule has 0 radical (unpaired) electrons. The molecular formula is C34H43N4O10P. The second kappa shape index (κ2) is 13.3. The Kier molecular flexibility index (Phi) is 9.76. The zero-order valence-corrected chi connectivity index (χ0v) is 29.2. The van der Waals surface area contributed by atoms with Gasteiger partial charge in [0.2, 0.25) is 5.78 Å². The monoisotopic (exact) mass is 698 g/mol. The molecular weight excluding hydrogens is 655 g/mol. The number of anilines is 2. The lowest BCUT2D eigenvalue weighted by Gasteiger charge is -2.50. The molecule has 0 aliphatic heterocycles. The maximum absolute atomic E-state index is 14.3. The lowest BCUT2D eigenvalue weighted by molar-refractivity contribution is -0.153. The number of hydrogen-bond donors (Lipinski definition) is 6. The van der Waals surface area contributed by atoms with Gasteiger partial charge in [-0.15, -0.1) is 0 Å². The number of carbonyl (C=O) groups excluding carboxylic acids is 3. The van der Waals surface area contributed by atoms with Gasteiger partial charge in [-0.3, -0.25) is 23.8 Å². The molecule has 1 saturated carbocycles. The number of benzene rings is 2. The lowest BCUT2D eigenvalue weighted by atomic mass is 9.57. The minimum absolute atomic E-state index is 0.0380. The average molecular weight is 699 g/mol. The van der Waals surface area contributed by atoms with Crippen LogP contribution < -0.4 is 16.0 Å². The van der Waals surface area contributed by atoms with Gasteiger partial charge in [0.1, 0.15) is 22.8 Å². The Labute approximate surface area is 284 Å². The van der Waals surface area contributed by atoms with E-state index < -0.39 is 77.2 Å². The number of aliphatic hydroxyl groups is 3. The van der Waals surface area contributed by atoms with Gasteiger partial charge >= 0.3 is 7.60 Å². The van der Waals surface area contributed by atoms with Gasteiger partial charge in [0.25, 0.3) is 5.91 Å². The summed E-state index contributed by atoms with van der Waals surface area (Å²) in [6.45, 7) is 3.50. The minimum Gasteiger partial charge on any atom is -0.508 e. The molecule has 7 N–H and O–H groups in total. The van der Waals surface area contributed by atoms with Crippen LogP contribution in [0.25, 0.3) is 5.76 Å². The molecule has 2 aromatic rings. The van der Waals surface area contributed by atoms with Gasteiger partial charge in [-0.1, -0.05) is 30.3 Å². The molecule has 264 valence electrons. The molecule has 5 atom stereocenters. The van der Waals surface area contributed by atoms with Crippen LogP contribution in [0.2, 0.25) is 0 Å². The Hall–Kier alpha value is -4.20. The summed E-state index contributed by atoms with van der Waals surface area (Å²) in [5, 5.41) is 49.9. The molecule has 0 spiro atoms. The van der Waals surface area contributed by atoms with Gasteiger partial charge < -0.3 is 45.4 Å². The average Bonchev–Trinajstić information content (AvgIpc) is 3.02. The zero-order valence-electron chi connectivity index (χ0n) is 28.3. The van der Waals surface area contributed by atoms with Crippen molar-refractivity contribution in [2.24, 2.45) is 17.6 Å². The molecule has 0 aromatic heterocycles. The quantitative estimate of drug-likeness (QED) is 0.113. The van der Waals surface area contributed by atoms with Crippen LogP contribution in [0.5, 0.6) is 5.75 Å². The van der Waals surface area contributed by atoms with E-state index in [0.29, 0.717) is 16.8 Å². The number of nitrogens with zero attached hydrogens (tertiary/aromatic N) is 2. The van der Waals surface area contributed by atoms with Gasteiger partial charge in [0, 0.05) is 31.3 Å². The molecule has 14 nitrogen and oxygen atoms in total. The highest BCUT2D eigenvalue weighted by molar-refractivity contribution is 7.54. The maximum atomic E-state index is 14.3. The van der Waals surface area contributed by atoms with Crippen molar-refractivity contribution in [2.45, 2.75) is 44.1 Å². The fourth-order valence-electron chi connectivity index (χ4n) is 7.47. The number of hydrogen-bond acceptors (Lipinski definition) is 13. The fourth-order valence-corrected chi connectivity index (χ4v) is 9.40. The van der Waals surface area contributed by atoms with E-state index in [2.05, 4.69) is 5.32 Å². The SMILES string of the molecule is CCOP(=O)(OCC)C(Nc1cc(N(C)C)c2c(c1O)C(O)=C1C(=O)C3(O)C(O)=C(C(N)=O)C(=O)C(N(C)C)C3CC1C2)c1ccccc1. The minimum atomic E-state index is -3.92. The summed E-state index contributed by atoms with van der Waals surface area (Å²) in [4.78, 5) is 43.2. The third kappa shape index (κ3) is 5.71. The third-order valence-corrected chi connectivity index (χ3v) is 11.8. The van der Waals surface area contributed by atoms with Crippen molar-refractivity contribution in [1.29, 1.82) is 0 Å². The topological polar surface area (TPSA) is 212 Å². The number of aliphatic hydroxyl groups excluding tert-OH is 2. The van der Waals surface area contributed by atoms with Crippen LogP contribution in [0.4, 0.5) is 11.4 Å². The number of aromatic hydroxyl groups is 1. The molecule has 0 bridgehead atoms. The van der Waals surface area contributed by atoms with Crippen LogP contribution >= 0.6 is 7.60 Å². The Morgan fingerprint density at radius 1 is 1.08 bits per heavy atom. The standard InChI is InChI=1S/C34H43N4O10P/c1-7-47-49(46,48-8-2)33(17-12-10-9-11-13-17)36-21-16-22(37(3)4)19-14-18-15-20-26(38(5)6)29(41)25(32(35)44)31(43)34(20,45)30(42)23(18)28(40)24(19)27(21)39/h9-13,16,18,20,26,33,36,39-40,43,45H,7-8,14-15H2,1-6H3,(H2,35,44). The van der Waals surface area contributed by atoms with E-state index in [1.54, 1.807) is 83.3 Å². The van der Waals surface area contributed by atoms with Gasteiger partial charge in [0.15, 0.2) is 17.2 Å². The number of Topliss-reactive ketones (excluding diaryl/α,β-unsaturated/α-hetero) is 2. The molecule has 0 saturated heterocycles. The number of nitrogens with two attached hydrogens (primary N) is 1. The van der Waals surface area contributed by atoms with Crippen molar-refractivity contribution in [3.05, 3.63) is 70.0 Å². The van der Waals surface area contributed by atoms with Crippen LogP contribution in [0.15, 0.2) is 53.3 Å². The van der Waals surface area contributed by atoms with Crippen LogP contribution in [-0.2, 0) is 34.4 Å². The zero-order chi connectivity index (χ0) is 36.2. The normalized spacial score (nSPS) is 24.4. The number of phenolic OH excluding ortho intramolecular Hbond substituents is 1. The van der Waals surface area contributed by atoms with Gasteiger partial charge in [0.05, 0.1) is 30.5 Å². The summed E-state index contributed by atoms with van der Waals surface area (Å²) < 4.78 is 25.6. The number of nitrogens with one attached hydrogen (secondary N) is 1. The first-order chi connectivity index (χ1) is 23.0. The first kappa shape index (κ1) is 36.1. The number of phenols is 1. The largest absolute Gasteiger partial charge is 0.508 e. The summed E-state index contributed by atoms with van der Waals surface area (Å²) >= 11 is 0. The van der Waals surface area contributed by atoms with Crippen molar-refractivity contribution in [3.63, 3.8) is 0 Å². The van der Waals surface area contributed by atoms with E-state index in [1.165, 1.54) is 4.90 Å². The predicted octanol–water partition coefficient (Wildman–Crippen LogP) is 3.41. The number of fused-ring (bicyclic) bond motifs is 3. The van der Waals surface area contributed by atoms with Crippen LogP contribution in [0.3, 0.4) is 0 Å². The number of primary amides is 1. The van der Waals surface area contributed by atoms with Crippen molar-refractivity contribution in [1.82, 2.24) is 4.90 Å². The second-order valence-corrected chi connectivity index (χ2v) is 14.9. The Balaban J connectivity index is 1.72. The number of rotatable bonds is 11. The molecule has 3 aliphatic carbocycles. The summed E-state index contributed by atoms with van der Waals surface area (Å²) in [7, 11) is 2.69. The molecule has 15 heteroatoms. The molecule has 3 aliphatic rings. The highest BCUT2D eigenvalue weighted by Crippen LogP contribution is 2.62. The number of carbonyl (C=O) groups is 3. The van der Waals surface area contributed by atoms with Gasteiger partial charge in [-0.25, -0.2) is 0 Å². The first-order valence-corrected chi connectivity index (χ1v) is 17.6. The van der Waals surface area contributed by atoms with E-state index in [4.69, 9.17) is 14.8 Å². The summed E-state index contributed by atoms with van der Waals surface area (Å²) in [5.41, 5.74) is 2.99. The van der Waals surface area contributed by atoms with E-state index in [0.717, 1.165) is 0 Å². The number of likely N-dealkylation sites (N-methyl/N-ethyl adjacent to an activating group) is 1. The van der Waals surface area contributed by atoms with Crippen molar-refractivity contribution >= 4 is 42.2 Å². The van der Waals surface area contributed by atoms with E-state index in [-0.39, 0.29) is 42.9 Å². The predicted molar refractivity (Wildman–Crippen MR) is 182 cm³/mol. The van der Waals surface area contributed by atoms with Crippen molar-refractivity contribution in [3.8, 4) is 5.75 Å². The fraction of sp³-hybridized carbons (Fsp3) is 0.441. The van der Waals surface area contributed by atoms with Crippen LogP contribution in [0, 0.1) is 11.8 Å². The van der Waals surface area contributed by atoms with Gasteiger partial charge in [-0.05, 0) is 63.9 Å². The maximum Gasteiger partial charge on any atom is 0.357 e. The molecule has 0 heterocycles. The number of ketones is 2. The summed E-state index contributed by atoms with van der Waals surface area (Å²) in [6.07, 6.45) is 0.0652. The van der Waals surface area contributed by atoms with Crippen LogP contribution in [0.1, 0.15) is 42.7 Å². The van der Waals surface area contributed by atoms with Gasteiger partial charge in [-0.2, -0.15) is 0 Å². The molecule has 1 fully saturated rings. The Morgan fingerprint density at radius 3 is 2.22 bits per heavy atom. The molecule has 2 aromatic carbocycles. The molecule has 49 heavy (non-hydrogen) atoms. The Bertz CT molecular complexity index is 1800. The Morgan fingerprint density at radius 2 is 1.69 bits per heavy atom. The summed E-state index contributed by atoms with van der Waals surface area (Å²) in [5.74, 6) is -8.57. The van der Waals surface area contributed by atoms with Crippen molar-refractivity contribution < 1.29 is 48.4 Å². The number of amides is 1. The van der Waals surface area contributed by atoms with Crippen LogP contribution in [-0.4, -0.2) is 95.8 Å². The smallest absolute Gasteiger partial charge is 0.357 e. The highest BCUT2D eigenvalue weighted by Gasteiger charge is 2.64. The summed E-state index contributed by atoms with van der Waals surface area (Å²) in [6, 6.07) is 9.18. The van der Waals surface area contributed by atoms with E-state index in [9.17, 15) is 39.4 Å². The third-order valence-electron chi connectivity index (χ3n) is 9.52. The van der Waals surface area contributed by atoms with E-state index in [1.807, 2.05) is 0 Å². The first-order valence-electron chi connectivity index (χ1n) is 16.0. The molecule has 5 rings (SSSR count). The molecule has 1 amide bonds.